The zero-order chi connectivity index (χ0) is 10.7. The Morgan fingerprint density at radius 1 is 1.47 bits per heavy atom. The van der Waals surface area contributed by atoms with Crippen LogP contribution in [0.3, 0.4) is 0 Å². The van der Waals surface area contributed by atoms with Gasteiger partial charge in [-0.15, -0.1) is 0 Å². The topological polar surface area (TPSA) is 29.9 Å². The first-order valence-corrected chi connectivity index (χ1v) is 5.09. The number of rotatable bonds is 3. The Kier molecular flexibility index (Phi) is 2.92. The fourth-order valence-corrected chi connectivity index (χ4v) is 1.63. The number of nitrogens with zero attached hydrogens (tertiary/aromatic N) is 2. The van der Waals surface area contributed by atoms with Gasteiger partial charge in [-0.25, -0.2) is 4.98 Å². The van der Waals surface area contributed by atoms with Gasteiger partial charge in [0.05, 0.1) is 6.33 Å². The van der Waals surface area contributed by atoms with E-state index < -0.39 is 0 Å². The van der Waals surface area contributed by atoms with Gasteiger partial charge in [-0.2, -0.15) is 0 Å². The molecule has 0 fully saturated rings. The van der Waals surface area contributed by atoms with Gasteiger partial charge in [-0.3, -0.25) is 0 Å². The molecule has 1 aromatic heterocycles. The van der Waals surface area contributed by atoms with Gasteiger partial charge in [-0.1, -0.05) is 23.7 Å². The zero-order valence-corrected chi connectivity index (χ0v) is 9.20. The molecule has 0 unspecified atom stereocenters. The molecule has 0 spiro atoms. The lowest BCUT2D eigenvalue weighted by Crippen LogP contribution is -1.96. The predicted molar refractivity (Wildman–Crippen MR) is 62.3 cm³/mol. The maximum atomic E-state index is 5.91. The first-order valence-electron chi connectivity index (χ1n) is 4.72. The molecule has 4 heteroatoms. The fraction of sp³-hybridized carbons (Fsp3) is 0.182. The van der Waals surface area contributed by atoms with Gasteiger partial charge >= 0.3 is 0 Å². The molecule has 0 aliphatic carbocycles. The van der Waals surface area contributed by atoms with E-state index in [1.165, 1.54) is 5.56 Å². The summed E-state index contributed by atoms with van der Waals surface area (Å²) in [6.07, 6.45) is 3.76. The monoisotopic (exact) mass is 221 g/mol. The van der Waals surface area contributed by atoms with Crippen molar-refractivity contribution in [2.45, 2.75) is 6.54 Å². The molecule has 1 N–H and O–H groups in total. The van der Waals surface area contributed by atoms with E-state index in [0.29, 0.717) is 0 Å². The second-order valence-corrected chi connectivity index (χ2v) is 3.75. The number of imidazole rings is 1. The molecule has 2 rings (SSSR count). The largest absolute Gasteiger partial charge is 0.372 e. The van der Waals surface area contributed by atoms with E-state index in [2.05, 4.69) is 10.3 Å². The first-order chi connectivity index (χ1) is 7.28. The highest BCUT2D eigenvalue weighted by Gasteiger charge is 1.98. The SMILES string of the molecule is CNc1cn(Cc2cccc(Cl)c2)cn1. The summed E-state index contributed by atoms with van der Waals surface area (Å²) in [5, 5.41) is 3.75. The Hall–Kier alpha value is -1.48. The van der Waals surface area contributed by atoms with Crippen LogP contribution in [0.25, 0.3) is 0 Å². The van der Waals surface area contributed by atoms with Gasteiger partial charge in [-0.05, 0) is 17.7 Å². The lowest BCUT2D eigenvalue weighted by molar-refractivity contribution is 0.797. The minimum Gasteiger partial charge on any atom is -0.372 e. The molecule has 0 radical (unpaired) electrons. The third kappa shape index (κ3) is 2.50. The first kappa shape index (κ1) is 10.1. The van der Waals surface area contributed by atoms with Gasteiger partial charge in [0.1, 0.15) is 5.82 Å². The fourth-order valence-electron chi connectivity index (χ4n) is 1.42. The third-order valence-corrected chi connectivity index (χ3v) is 2.38. The van der Waals surface area contributed by atoms with Crippen LogP contribution >= 0.6 is 11.6 Å². The molecule has 0 saturated heterocycles. The maximum Gasteiger partial charge on any atom is 0.143 e. The number of hydrogen-bond donors (Lipinski definition) is 1. The van der Waals surface area contributed by atoms with Crippen molar-refractivity contribution < 1.29 is 0 Å². The van der Waals surface area contributed by atoms with Gasteiger partial charge in [0.15, 0.2) is 0 Å². The molecule has 0 aliphatic rings. The number of hydrogen-bond acceptors (Lipinski definition) is 2. The summed E-state index contributed by atoms with van der Waals surface area (Å²) in [6, 6.07) is 7.83. The molecule has 0 aliphatic heterocycles. The molecule has 0 amide bonds. The van der Waals surface area contributed by atoms with Crippen LogP contribution in [-0.2, 0) is 6.54 Å². The van der Waals surface area contributed by atoms with Crippen LogP contribution in [0.15, 0.2) is 36.8 Å². The van der Waals surface area contributed by atoms with E-state index in [4.69, 9.17) is 11.6 Å². The second kappa shape index (κ2) is 4.36. The molecule has 0 bridgehead atoms. The Labute approximate surface area is 93.7 Å². The van der Waals surface area contributed by atoms with Crippen molar-refractivity contribution >= 4 is 17.4 Å². The van der Waals surface area contributed by atoms with Crippen LogP contribution < -0.4 is 5.32 Å². The van der Waals surface area contributed by atoms with Crippen molar-refractivity contribution in [3.05, 3.63) is 47.4 Å². The van der Waals surface area contributed by atoms with Crippen LogP contribution in [0.2, 0.25) is 5.02 Å². The molecule has 0 saturated carbocycles. The minimum absolute atomic E-state index is 0.765. The normalized spacial score (nSPS) is 10.3. The van der Waals surface area contributed by atoms with Gasteiger partial charge in [0, 0.05) is 24.8 Å². The smallest absolute Gasteiger partial charge is 0.143 e. The number of anilines is 1. The van der Waals surface area contributed by atoms with Crippen molar-refractivity contribution in [1.29, 1.82) is 0 Å². The number of nitrogens with one attached hydrogen (secondary N) is 1. The Morgan fingerprint density at radius 3 is 3.00 bits per heavy atom. The Morgan fingerprint density at radius 2 is 2.33 bits per heavy atom. The van der Waals surface area contributed by atoms with Crippen molar-refractivity contribution in [3.8, 4) is 0 Å². The van der Waals surface area contributed by atoms with E-state index in [-0.39, 0.29) is 0 Å². The third-order valence-electron chi connectivity index (χ3n) is 2.14. The summed E-state index contributed by atoms with van der Waals surface area (Å²) in [7, 11) is 1.85. The highest BCUT2D eigenvalue weighted by Crippen LogP contribution is 2.12. The summed E-state index contributed by atoms with van der Waals surface area (Å²) >= 11 is 5.91. The number of aromatic nitrogens is 2. The molecule has 3 nitrogen and oxygen atoms in total. The molecular formula is C11H12ClN3. The van der Waals surface area contributed by atoms with Crippen molar-refractivity contribution in [2.75, 3.05) is 12.4 Å². The van der Waals surface area contributed by atoms with Crippen LogP contribution in [0.1, 0.15) is 5.56 Å². The number of benzene rings is 1. The highest BCUT2D eigenvalue weighted by atomic mass is 35.5. The highest BCUT2D eigenvalue weighted by molar-refractivity contribution is 6.30. The van der Waals surface area contributed by atoms with Crippen molar-refractivity contribution in [1.82, 2.24) is 9.55 Å². The van der Waals surface area contributed by atoms with Crippen molar-refractivity contribution in [3.63, 3.8) is 0 Å². The van der Waals surface area contributed by atoms with Gasteiger partial charge in [0.25, 0.3) is 0 Å². The molecule has 78 valence electrons. The molecule has 0 atom stereocenters. The minimum atomic E-state index is 0.765. The molecule has 15 heavy (non-hydrogen) atoms. The number of halogens is 1. The second-order valence-electron chi connectivity index (χ2n) is 3.31. The van der Waals surface area contributed by atoms with Crippen LogP contribution in [0, 0.1) is 0 Å². The zero-order valence-electron chi connectivity index (χ0n) is 8.44. The summed E-state index contributed by atoms with van der Waals surface area (Å²) in [6.45, 7) is 0.787. The Bertz CT molecular complexity index is 451. The summed E-state index contributed by atoms with van der Waals surface area (Å²) in [4.78, 5) is 4.17. The van der Waals surface area contributed by atoms with E-state index >= 15 is 0 Å². The summed E-state index contributed by atoms with van der Waals surface area (Å²) in [5.74, 6) is 0.872. The van der Waals surface area contributed by atoms with Crippen LogP contribution in [-0.4, -0.2) is 16.6 Å². The van der Waals surface area contributed by atoms with Gasteiger partial charge < -0.3 is 9.88 Å². The average molecular weight is 222 g/mol. The van der Waals surface area contributed by atoms with Crippen molar-refractivity contribution in [2.24, 2.45) is 0 Å². The molecule has 1 aromatic carbocycles. The van der Waals surface area contributed by atoms with E-state index in [1.807, 2.05) is 42.1 Å². The van der Waals surface area contributed by atoms with Gasteiger partial charge in [0.2, 0.25) is 0 Å². The molecular weight excluding hydrogens is 210 g/mol. The maximum absolute atomic E-state index is 5.91. The van der Waals surface area contributed by atoms with E-state index in [9.17, 15) is 0 Å². The average Bonchev–Trinajstić information content (AvgIpc) is 2.65. The predicted octanol–water partition coefficient (Wildman–Crippen LogP) is 2.63. The Balaban J connectivity index is 2.14. The van der Waals surface area contributed by atoms with Crippen LogP contribution in [0.5, 0.6) is 0 Å². The lowest BCUT2D eigenvalue weighted by atomic mass is 10.2. The molecule has 1 heterocycles. The standard InChI is InChI=1S/C11H12ClN3/c1-13-11-7-15(8-14-11)6-9-3-2-4-10(12)5-9/h2-5,7-8,13H,6H2,1H3. The lowest BCUT2D eigenvalue weighted by Gasteiger charge is -2.02. The molecule has 2 aromatic rings. The summed E-state index contributed by atoms with van der Waals surface area (Å²) < 4.78 is 2.01. The quantitative estimate of drug-likeness (QED) is 0.864. The van der Waals surface area contributed by atoms with E-state index in [0.717, 1.165) is 17.4 Å². The summed E-state index contributed by atoms with van der Waals surface area (Å²) in [5.41, 5.74) is 1.17. The van der Waals surface area contributed by atoms with E-state index in [1.54, 1.807) is 6.33 Å². The van der Waals surface area contributed by atoms with Crippen LogP contribution in [0.4, 0.5) is 5.82 Å².